The van der Waals surface area contributed by atoms with Gasteiger partial charge in [0.25, 0.3) is 0 Å². The van der Waals surface area contributed by atoms with Gasteiger partial charge in [-0.25, -0.2) is 0 Å². The SMILES string of the molecule is CCOC(C(C)C)C(O)c1ccc(C)cc1C. The second-order valence-electron chi connectivity index (χ2n) is 4.97. The van der Waals surface area contributed by atoms with Crippen molar-refractivity contribution in [3.8, 4) is 0 Å². The maximum atomic E-state index is 10.4. The molecule has 0 aliphatic rings. The summed E-state index contributed by atoms with van der Waals surface area (Å²) in [6.07, 6.45) is -0.683. The minimum Gasteiger partial charge on any atom is -0.386 e. The van der Waals surface area contributed by atoms with Gasteiger partial charge in [0.05, 0.1) is 6.10 Å². The molecule has 0 bridgehead atoms. The second-order valence-corrected chi connectivity index (χ2v) is 4.97. The Labute approximate surface area is 105 Å². The van der Waals surface area contributed by atoms with Crippen molar-refractivity contribution in [2.75, 3.05) is 6.61 Å². The molecule has 0 saturated heterocycles. The van der Waals surface area contributed by atoms with Crippen LogP contribution in [0.25, 0.3) is 0 Å². The Hall–Kier alpha value is -0.860. The molecular formula is C15H24O2. The molecule has 2 unspecified atom stereocenters. The zero-order valence-corrected chi connectivity index (χ0v) is 11.5. The molecule has 0 aliphatic carbocycles. The van der Waals surface area contributed by atoms with Crippen molar-refractivity contribution in [3.63, 3.8) is 0 Å². The van der Waals surface area contributed by atoms with E-state index in [1.165, 1.54) is 5.56 Å². The molecule has 2 nitrogen and oxygen atoms in total. The highest BCUT2D eigenvalue weighted by atomic mass is 16.5. The molecule has 0 fully saturated rings. The van der Waals surface area contributed by atoms with Crippen molar-refractivity contribution in [1.82, 2.24) is 0 Å². The third-order valence-electron chi connectivity index (χ3n) is 3.07. The first kappa shape index (κ1) is 14.2. The predicted molar refractivity (Wildman–Crippen MR) is 71.1 cm³/mol. The van der Waals surface area contributed by atoms with E-state index >= 15 is 0 Å². The maximum absolute atomic E-state index is 10.4. The van der Waals surface area contributed by atoms with Gasteiger partial charge in [-0.05, 0) is 37.8 Å². The average molecular weight is 236 g/mol. The van der Waals surface area contributed by atoms with Gasteiger partial charge in [0, 0.05) is 6.61 Å². The monoisotopic (exact) mass is 236 g/mol. The fourth-order valence-corrected chi connectivity index (χ4v) is 2.18. The van der Waals surface area contributed by atoms with E-state index in [1.807, 2.05) is 26.0 Å². The van der Waals surface area contributed by atoms with Crippen LogP contribution < -0.4 is 0 Å². The van der Waals surface area contributed by atoms with Gasteiger partial charge >= 0.3 is 0 Å². The number of ether oxygens (including phenoxy) is 1. The summed E-state index contributed by atoms with van der Waals surface area (Å²) in [6, 6.07) is 6.14. The summed E-state index contributed by atoms with van der Waals surface area (Å²) >= 11 is 0. The van der Waals surface area contributed by atoms with Crippen molar-refractivity contribution in [3.05, 3.63) is 34.9 Å². The van der Waals surface area contributed by atoms with Gasteiger partial charge in [-0.15, -0.1) is 0 Å². The lowest BCUT2D eigenvalue weighted by atomic mass is 9.92. The third kappa shape index (κ3) is 3.55. The molecule has 96 valence electrons. The molecule has 2 atom stereocenters. The van der Waals surface area contributed by atoms with Crippen LogP contribution in [-0.4, -0.2) is 17.8 Å². The normalized spacial score (nSPS) is 15.0. The minimum atomic E-state index is -0.546. The Balaban J connectivity index is 2.96. The average Bonchev–Trinajstić information content (AvgIpc) is 2.24. The molecule has 0 amide bonds. The van der Waals surface area contributed by atoms with Crippen molar-refractivity contribution in [1.29, 1.82) is 0 Å². The van der Waals surface area contributed by atoms with Gasteiger partial charge in [-0.3, -0.25) is 0 Å². The Kier molecular flexibility index (Phi) is 5.16. The van der Waals surface area contributed by atoms with E-state index in [4.69, 9.17) is 4.74 Å². The summed E-state index contributed by atoms with van der Waals surface area (Å²) in [7, 11) is 0. The van der Waals surface area contributed by atoms with Gasteiger partial charge in [0.1, 0.15) is 6.10 Å². The highest BCUT2D eigenvalue weighted by Crippen LogP contribution is 2.27. The summed E-state index contributed by atoms with van der Waals surface area (Å²) in [5.74, 6) is 0.297. The van der Waals surface area contributed by atoms with Crippen LogP contribution in [-0.2, 0) is 4.74 Å². The number of benzene rings is 1. The molecule has 17 heavy (non-hydrogen) atoms. The van der Waals surface area contributed by atoms with E-state index < -0.39 is 6.10 Å². The molecule has 0 aliphatic heterocycles. The van der Waals surface area contributed by atoms with Crippen molar-refractivity contribution in [2.45, 2.75) is 46.8 Å². The summed E-state index contributed by atoms with van der Waals surface area (Å²) in [5, 5.41) is 10.4. The number of hydrogen-bond acceptors (Lipinski definition) is 2. The second kappa shape index (κ2) is 6.18. The molecule has 1 aromatic carbocycles. The topological polar surface area (TPSA) is 29.5 Å². The molecule has 0 saturated carbocycles. The maximum Gasteiger partial charge on any atom is 0.106 e. The standard InChI is InChI=1S/C15H24O2/c1-6-17-15(10(2)3)14(16)13-8-7-11(4)9-12(13)5/h7-10,14-16H,6H2,1-5H3. The van der Waals surface area contributed by atoms with Crippen molar-refractivity contribution < 1.29 is 9.84 Å². The van der Waals surface area contributed by atoms with E-state index in [1.54, 1.807) is 0 Å². The molecule has 0 aromatic heterocycles. The van der Waals surface area contributed by atoms with Crippen LogP contribution in [0.5, 0.6) is 0 Å². The first-order valence-electron chi connectivity index (χ1n) is 6.34. The van der Waals surface area contributed by atoms with Crippen LogP contribution in [0.15, 0.2) is 18.2 Å². The summed E-state index contributed by atoms with van der Waals surface area (Å²) in [4.78, 5) is 0. The number of aliphatic hydroxyl groups excluding tert-OH is 1. The van der Waals surface area contributed by atoms with E-state index in [-0.39, 0.29) is 6.10 Å². The molecule has 0 spiro atoms. The van der Waals surface area contributed by atoms with E-state index in [9.17, 15) is 5.11 Å². The molecule has 1 N–H and O–H groups in total. The summed E-state index contributed by atoms with van der Waals surface area (Å²) < 4.78 is 5.65. The zero-order chi connectivity index (χ0) is 13.0. The summed E-state index contributed by atoms with van der Waals surface area (Å²) in [5.41, 5.74) is 3.32. The van der Waals surface area contributed by atoms with Gasteiger partial charge in [0.2, 0.25) is 0 Å². The lowest BCUT2D eigenvalue weighted by Crippen LogP contribution is -2.28. The molecular weight excluding hydrogens is 212 g/mol. The fraction of sp³-hybridized carbons (Fsp3) is 0.600. The van der Waals surface area contributed by atoms with Crippen LogP contribution in [0.1, 0.15) is 43.6 Å². The van der Waals surface area contributed by atoms with Crippen molar-refractivity contribution >= 4 is 0 Å². The minimum absolute atomic E-state index is 0.138. The predicted octanol–water partition coefficient (Wildman–Crippen LogP) is 3.40. The Morgan fingerprint density at radius 3 is 2.35 bits per heavy atom. The van der Waals surface area contributed by atoms with Crippen LogP contribution in [0.3, 0.4) is 0 Å². The van der Waals surface area contributed by atoms with Crippen LogP contribution in [0.2, 0.25) is 0 Å². The van der Waals surface area contributed by atoms with Crippen LogP contribution >= 0.6 is 0 Å². The molecule has 0 heterocycles. The Morgan fingerprint density at radius 1 is 1.24 bits per heavy atom. The molecule has 1 rings (SSSR count). The number of aliphatic hydroxyl groups is 1. The van der Waals surface area contributed by atoms with Gasteiger partial charge < -0.3 is 9.84 Å². The molecule has 1 aromatic rings. The highest BCUT2D eigenvalue weighted by Gasteiger charge is 2.25. The largest absolute Gasteiger partial charge is 0.386 e. The third-order valence-corrected chi connectivity index (χ3v) is 3.07. The first-order valence-corrected chi connectivity index (χ1v) is 6.34. The number of hydrogen-bond donors (Lipinski definition) is 1. The zero-order valence-electron chi connectivity index (χ0n) is 11.5. The van der Waals surface area contributed by atoms with Crippen LogP contribution in [0.4, 0.5) is 0 Å². The lowest BCUT2D eigenvalue weighted by molar-refractivity contribution is -0.0587. The van der Waals surface area contributed by atoms with Gasteiger partial charge in [0.15, 0.2) is 0 Å². The van der Waals surface area contributed by atoms with Gasteiger partial charge in [-0.2, -0.15) is 0 Å². The number of aryl methyl sites for hydroxylation is 2. The summed E-state index contributed by atoms with van der Waals surface area (Å²) in [6.45, 7) is 10.8. The first-order chi connectivity index (χ1) is 7.97. The lowest BCUT2D eigenvalue weighted by Gasteiger charge is -2.27. The smallest absolute Gasteiger partial charge is 0.106 e. The van der Waals surface area contributed by atoms with E-state index in [0.29, 0.717) is 12.5 Å². The number of rotatable bonds is 5. The highest BCUT2D eigenvalue weighted by molar-refractivity contribution is 5.32. The van der Waals surface area contributed by atoms with Gasteiger partial charge in [-0.1, -0.05) is 37.6 Å². The Bertz CT molecular complexity index is 358. The van der Waals surface area contributed by atoms with Crippen molar-refractivity contribution in [2.24, 2.45) is 5.92 Å². The molecule has 2 heteroatoms. The van der Waals surface area contributed by atoms with E-state index in [2.05, 4.69) is 26.8 Å². The Morgan fingerprint density at radius 2 is 1.88 bits per heavy atom. The van der Waals surface area contributed by atoms with E-state index in [0.717, 1.165) is 11.1 Å². The van der Waals surface area contributed by atoms with Crippen LogP contribution in [0, 0.1) is 19.8 Å². The quantitative estimate of drug-likeness (QED) is 0.849. The fourth-order valence-electron chi connectivity index (χ4n) is 2.18. The molecule has 0 radical (unpaired) electrons.